The first-order valence-corrected chi connectivity index (χ1v) is 6.27. The molecule has 3 fully saturated rings. The van der Waals surface area contributed by atoms with E-state index >= 15 is 0 Å². The molecule has 1 aliphatic carbocycles. The highest BCUT2D eigenvalue weighted by atomic mass is 16.2. The van der Waals surface area contributed by atoms with Crippen molar-refractivity contribution < 1.29 is 4.79 Å². The van der Waals surface area contributed by atoms with Crippen molar-refractivity contribution in [3.63, 3.8) is 0 Å². The largest absolute Gasteiger partial charge is 0.339 e. The highest BCUT2D eigenvalue weighted by Crippen LogP contribution is 2.38. The fourth-order valence-electron chi connectivity index (χ4n) is 3.32. The molecule has 3 heteroatoms. The molecule has 2 saturated heterocycles. The molecule has 15 heavy (non-hydrogen) atoms. The van der Waals surface area contributed by atoms with Crippen molar-refractivity contribution in [2.45, 2.75) is 32.2 Å². The van der Waals surface area contributed by atoms with Gasteiger partial charge in [-0.25, -0.2) is 0 Å². The first kappa shape index (κ1) is 9.64. The van der Waals surface area contributed by atoms with Gasteiger partial charge in [0.25, 0.3) is 0 Å². The summed E-state index contributed by atoms with van der Waals surface area (Å²) in [6.07, 6.45) is 3.89. The molecule has 1 amide bonds. The number of carbonyl (C=O) groups excluding carboxylic acids is 1. The van der Waals surface area contributed by atoms with Gasteiger partial charge >= 0.3 is 0 Å². The number of rotatable bonds is 2. The van der Waals surface area contributed by atoms with Crippen molar-refractivity contribution in [1.29, 1.82) is 0 Å². The van der Waals surface area contributed by atoms with E-state index in [-0.39, 0.29) is 5.92 Å². The molecule has 0 aromatic carbocycles. The first-order valence-electron chi connectivity index (χ1n) is 6.27. The minimum atomic E-state index is 0.241. The van der Waals surface area contributed by atoms with Crippen molar-refractivity contribution in [2.75, 3.05) is 19.6 Å². The van der Waals surface area contributed by atoms with E-state index in [1.165, 1.54) is 19.3 Å². The van der Waals surface area contributed by atoms with Crippen LogP contribution in [0.15, 0.2) is 0 Å². The summed E-state index contributed by atoms with van der Waals surface area (Å²) in [5.41, 5.74) is 0. The molecule has 0 aromatic rings. The van der Waals surface area contributed by atoms with Gasteiger partial charge in [0.15, 0.2) is 0 Å². The number of carbonyl (C=O) groups is 1. The average molecular weight is 208 g/mol. The lowest BCUT2D eigenvalue weighted by atomic mass is 9.87. The smallest absolute Gasteiger partial charge is 0.226 e. The molecule has 1 saturated carbocycles. The summed E-state index contributed by atoms with van der Waals surface area (Å²) in [5, 5.41) is 3.25. The van der Waals surface area contributed by atoms with Gasteiger partial charge in [-0.3, -0.25) is 4.79 Å². The van der Waals surface area contributed by atoms with Crippen molar-refractivity contribution in [2.24, 2.45) is 17.8 Å². The average Bonchev–Trinajstić information content (AvgIpc) is 2.74. The number of hydrogen-bond acceptors (Lipinski definition) is 2. The van der Waals surface area contributed by atoms with Crippen LogP contribution < -0.4 is 5.32 Å². The molecule has 2 bridgehead atoms. The zero-order valence-corrected chi connectivity index (χ0v) is 9.41. The molecule has 3 rings (SSSR count). The number of likely N-dealkylation sites (tertiary alicyclic amines) is 1. The van der Waals surface area contributed by atoms with E-state index in [1.54, 1.807) is 0 Å². The van der Waals surface area contributed by atoms with Crippen LogP contribution in [0.2, 0.25) is 0 Å². The number of hydrogen-bond donors (Lipinski definition) is 1. The minimum Gasteiger partial charge on any atom is -0.339 e. The third kappa shape index (κ3) is 1.48. The van der Waals surface area contributed by atoms with Gasteiger partial charge < -0.3 is 10.2 Å². The summed E-state index contributed by atoms with van der Waals surface area (Å²) >= 11 is 0. The second kappa shape index (κ2) is 3.48. The fraction of sp³-hybridized carbons (Fsp3) is 0.917. The summed E-state index contributed by atoms with van der Waals surface area (Å²) in [4.78, 5) is 14.4. The highest BCUT2D eigenvalue weighted by molar-refractivity contribution is 5.79. The van der Waals surface area contributed by atoms with Crippen LogP contribution in [-0.2, 0) is 4.79 Å². The molecule has 3 aliphatic rings. The van der Waals surface area contributed by atoms with E-state index in [9.17, 15) is 4.79 Å². The molecule has 3 unspecified atom stereocenters. The molecule has 2 heterocycles. The molecular weight excluding hydrogens is 188 g/mol. The Morgan fingerprint density at radius 2 is 2.20 bits per heavy atom. The van der Waals surface area contributed by atoms with Gasteiger partial charge in [0, 0.05) is 18.5 Å². The zero-order valence-electron chi connectivity index (χ0n) is 9.41. The molecule has 2 aliphatic heterocycles. The van der Waals surface area contributed by atoms with E-state index in [4.69, 9.17) is 0 Å². The summed E-state index contributed by atoms with van der Waals surface area (Å²) in [5.74, 6) is 2.08. The topological polar surface area (TPSA) is 32.3 Å². The Kier molecular flexibility index (Phi) is 2.23. The maximum absolute atomic E-state index is 12.3. The van der Waals surface area contributed by atoms with Gasteiger partial charge in [-0.2, -0.15) is 0 Å². The van der Waals surface area contributed by atoms with Gasteiger partial charge in [-0.1, -0.05) is 6.92 Å². The van der Waals surface area contributed by atoms with Crippen LogP contribution in [0.5, 0.6) is 0 Å². The molecule has 0 spiro atoms. The van der Waals surface area contributed by atoms with Crippen LogP contribution in [0.1, 0.15) is 26.2 Å². The summed E-state index contributed by atoms with van der Waals surface area (Å²) in [6.45, 7) is 5.23. The van der Waals surface area contributed by atoms with Crippen molar-refractivity contribution in [1.82, 2.24) is 10.2 Å². The van der Waals surface area contributed by atoms with E-state index < -0.39 is 0 Å². The number of nitrogens with zero attached hydrogens (tertiary/aromatic N) is 1. The van der Waals surface area contributed by atoms with Crippen LogP contribution >= 0.6 is 0 Å². The predicted octanol–water partition coefficient (Wildman–Crippen LogP) is 0.853. The third-order valence-corrected chi connectivity index (χ3v) is 4.60. The van der Waals surface area contributed by atoms with Gasteiger partial charge in [0.2, 0.25) is 5.91 Å². The molecule has 1 N–H and O–H groups in total. The predicted molar refractivity (Wildman–Crippen MR) is 58.4 cm³/mol. The van der Waals surface area contributed by atoms with Crippen LogP contribution in [0.25, 0.3) is 0 Å². The zero-order chi connectivity index (χ0) is 10.4. The standard InChI is InChI=1S/C12H20N2O/c1-8(10-5-13-6-10)12(15)14-7-9-2-3-11(14)4-9/h8-11,13H,2-7H2,1H3. The highest BCUT2D eigenvalue weighted by Gasteiger charge is 2.42. The van der Waals surface area contributed by atoms with Crippen LogP contribution in [0.3, 0.4) is 0 Å². The second-order valence-corrected chi connectivity index (χ2v) is 5.53. The van der Waals surface area contributed by atoms with E-state index in [0.717, 1.165) is 25.6 Å². The summed E-state index contributed by atoms with van der Waals surface area (Å²) < 4.78 is 0. The summed E-state index contributed by atoms with van der Waals surface area (Å²) in [7, 11) is 0. The molecule has 3 atom stereocenters. The Bertz CT molecular complexity index is 275. The van der Waals surface area contributed by atoms with Gasteiger partial charge in [-0.15, -0.1) is 0 Å². The van der Waals surface area contributed by atoms with Gasteiger partial charge in [0.1, 0.15) is 0 Å². The monoisotopic (exact) mass is 208 g/mol. The third-order valence-electron chi connectivity index (χ3n) is 4.60. The van der Waals surface area contributed by atoms with E-state index in [1.807, 2.05) is 0 Å². The van der Waals surface area contributed by atoms with Gasteiger partial charge in [-0.05, 0) is 44.2 Å². The second-order valence-electron chi connectivity index (χ2n) is 5.53. The number of nitrogens with one attached hydrogen (secondary N) is 1. The molecular formula is C12H20N2O. The Morgan fingerprint density at radius 3 is 2.67 bits per heavy atom. The number of fused-ring (bicyclic) bond motifs is 2. The molecule has 3 nitrogen and oxygen atoms in total. The molecule has 0 radical (unpaired) electrons. The van der Waals surface area contributed by atoms with Crippen LogP contribution in [-0.4, -0.2) is 36.5 Å². The molecule has 0 aromatic heterocycles. The lowest BCUT2D eigenvalue weighted by Gasteiger charge is -2.36. The lowest BCUT2D eigenvalue weighted by Crippen LogP contribution is -2.51. The number of amides is 1. The van der Waals surface area contributed by atoms with E-state index in [2.05, 4.69) is 17.1 Å². The van der Waals surface area contributed by atoms with Crippen molar-refractivity contribution in [3.8, 4) is 0 Å². The Morgan fingerprint density at radius 1 is 1.40 bits per heavy atom. The Hall–Kier alpha value is -0.570. The SMILES string of the molecule is CC(C(=O)N1CC2CCC1C2)C1CNC1. The van der Waals surface area contributed by atoms with Crippen LogP contribution in [0.4, 0.5) is 0 Å². The van der Waals surface area contributed by atoms with Crippen molar-refractivity contribution in [3.05, 3.63) is 0 Å². The van der Waals surface area contributed by atoms with E-state index in [0.29, 0.717) is 17.9 Å². The maximum Gasteiger partial charge on any atom is 0.226 e. The summed E-state index contributed by atoms with van der Waals surface area (Å²) in [6, 6.07) is 0.595. The maximum atomic E-state index is 12.3. The van der Waals surface area contributed by atoms with Gasteiger partial charge in [0.05, 0.1) is 0 Å². The first-order chi connectivity index (χ1) is 7.25. The minimum absolute atomic E-state index is 0.241. The fourth-order valence-corrected chi connectivity index (χ4v) is 3.32. The normalized spacial score (nSPS) is 36.7. The van der Waals surface area contributed by atoms with Crippen LogP contribution in [0, 0.1) is 17.8 Å². The van der Waals surface area contributed by atoms with Crippen molar-refractivity contribution >= 4 is 5.91 Å². The Balaban J connectivity index is 1.64. The lowest BCUT2D eigenvalue weighted by molar-refractivity contribution is -0.139. The number of piperidine rings is 1. The Labute approximate surface area is 91.2 Å². The molecule has 84 valence electrons. The quantitative estimate of drug-likeness (QED) is 0.730.